The molecule has 1 aromatic heterocycles. The molecular weight excluding hydrogens is 304 g/mol. The Labute approximate surface area is 143 Å². The maximum Gasteiger partial charge on any atom is 0.191 e. The SMILES string of the molecule is CN=C(NCc1ccccc1OC(C)(C)C)NCc1nncn1C. The zero-order valence-electron chi connectivity index (χ0n) is 15.0. The number of aryl methyl sites for hydroxylation is 1. The second-order valence-corrected chi connectivity index (χ2v) is 6.46. The molecule has 1 aromatic carbocycles. The van der Waals surface area contributed by atoms with Crippen LogP contribution in [0, 0.1) is 0 Å². The Hall–Kier alpha value is -2.57. The number of benzene rings is 1. The molecule has 2 rings (SSSR count). The van der Waals surface area contributed by atoms with E-state index < -0.39 is 0 Å². The highest BCUT2D eigenvalue weighted by molar-refractivity contribution is 5.79. The fourth-order valence-electron chi connectivity index (χ4n) is 2.11. The Morgan fingerprint density at radius 2 is 1.92 bits per heavy atom. The lowest BCUT2D eigenvalue weighted by atomic mass is 10.1. The van der Waals surface area contributed by atoms with Gasteiger partial charge in [0.1, 0.15) is 17.7 Å². The van der Waals surface area contributed by atoms with E-state index in [1.54, 1.807) is 13.4 Å². The van der Waals surface area contributed by atoms with E-state index in [-0.39, 0.29) is 5.60 Å². The van der Waals surface area contributed by atoms with Crippen molar-refractivity contribution in [2.75, 3.05) is 7.05 Å². The van der Waals surface area contributed by atoms with Crippen molar-refractivity contribution in [3.05, 3.63) is 42.0 Å². The van der Waals surface area contributed by atoms with Crippen molar-refractivity contribution in [1.29, 1.82) is 0 Å². The fraction of sp³-hybridized carbons (Fsp3) is 0.471. The van der Waals surface area contributed by atoms with Gasteiger partial charge in [0.25, 0.3) is 0 Å². The molecule has 1 heterocycles. The van der Waals surface area contributed by atoms with Crippen LogP contribution in [0.15, 0.2) is 35.6 Å². The Kier molecular flexibility index (Phi) is 5.78. The van der Waals surface area contributed by atoms with Crippen LogP contribution in [-0.4, -0.2) is 33.4 Å². The summed E-state index contributed by atoms with van der Waals surface area (Å²) in [7, 11) is 3.65. The van der Waals surface area contributed by atoms with Crippen LogP contribution in [0.4, 0.5) is 0 Å². The van der Waals surface area contributed by atoms with Gasteiger partial charge in [-0.3, -0.25) is 4.99 Å². The second-order valence-electron chi connectivity index (χ2n) is 6.46. The van der Waals surface area contributed by atoms with Crippen molar-refractivity contribution in [1.82, 2.24) is 25.4 Å². The lowest BCUT2D eigenvalue weighted by Gasteiger charge is -2.23. The normalized spacial score (nSPS) is 12.1. The number of para-hydroxylation sites is 1. The highest BCUT2D eigenvalue weighted by Gasteiger charge is 2.14. The van der Waals surface area contributed by atoms with Crippen molar-refractivity contribution in [3.8, 4) is 5.75 Å². The van der Waals surface area contributed by atoms with Gasteiger partial charge in [-0.1, -0.05) is 18.2 Å². The maximum absolute atomic E-state index is 6.01. The van der Waals surface area contributed by atoms with Crippen LogP contribution < -0.4 is 15.4 Å². The summed E-state index contributed by atoms with van der Waals surface area (Å²) < 4.78 is 7.88. The number of hydrogen-bond acceptors (Lipinski definition) is 4. The van der Waals surface area contributed by atoms with Crippen LogP contribution in [0.3, 0.4) is 0 Å². The van der Waals surface area contributed by atoms with E-state index in [2.05, 4.69) is 25.8 Å². The van der Waals surface area contributed by atoms with Gasteiger partial charge >= 0.3 is 0 Å². The standard InChI is InChI=1S/C17H26N6O/c1-17(2,3)24-14-9-7-6-8-13(14)10-19-16(18-4)20-11-15-22-21-12-23(15)5/h6-9,12H,10-11H2,1-5H3,(H2,18,19,20). The summed E-state index contributed by atoms with van der Waals surface area (Å²) in [5.41, 5.74) is 0.843. The fourth-order valence-corrected chi connectivity index (χ4v) is 2.11. The molecule has 0 atom stereocenters. The zero-order valence-corrected chi connectivity index (χ0v) is 15.0. The van der Waals surface area contributed by atoms with Crippen LogP contribution in [0.2, 0.25) is 0 Å². The number of nitrogens with one attached hydrogen (secondary N) is 2. The first-order chi connectivity index (χ1) is 11.4. The minimum Gasteiger partial charge on any atom is -0.488 e. The molecule has 0 aliphatic heterocycles. The topological polar surface area (TPSA) is 76.4 Å². The smallest absolute Gasteiger partial charge is 0.191 e. The first-order valence-electron chi connectivity index (χ1n) is 7.93. The number of aliphatic imine (C=N–C) groups is 1. The number of ether oxygens (including phenoxy) is 1. The summed E-state index contributed by atoms with van der Waals surface area (Å²) in [5, 5.41) is 14.4. The molecule has 2 N–H and O–H groups in total. The molecule has 0 bridgehead atoms. The second kappa shape index (κ2) is 7.81. The molecule has 130 valence electrons. The summed E-state index contributed by atoms with van der Waals surface area (Å²) in [5.74, 6) is 2.42. The van der Waals surface area contributed by atoms with Crippen molar-refractivity contribution < 1.29 is 4.74 Å². The molecule has 2 aromatic rings. The van der Waals surface area contributed by atoms with Gasteiger partial charge in [0.15, 0.2) is 11.8 Å². The summed E-state index contributed by atoms with van der Waals surface area (Å²) in [6, 6.07) is 8.01. The van der Waals surface area contributed by atoms with Gasteiger partial charge < -0.3 is 19.9 Å². The predicted molar refractivity (Wildman–Crippen MR) is 94.9 cm³/mol. The molecule has 0 fully saturated rings. The quantitative estimate of drug-likeness (QED) is 0.646. The van der Waals surface area contributed by atoms with Crippen molar-refractivity contribution in [2.45, 2.75) is 39.5 Å². The lowest BCUT2D eigenvalue weighted by molar-refractivity contribution is 0.129. The van der Waals surface area contributed by atoms with Crippen molar-refractivity contribution in [2.24, 2.45) is 12.0 Å². The maximum atomic E-state index is 6.01. The van der Waals surface area contributed by atoms with Crippen LogP contribution in [0.5, 0.6) is 5.75 Å². The highest BCUT2D eigenvalue weighted by Crippen LogP contribution is 2.22. The Bertz CT molecular complexity index is 686. The van der Waals surface area contributed by atoms with Gasteiger partial charge in [-0.05, 0) is 26.8 Å². The number of hydrogen-bond donors (Lipinski definition) is 2. The van der Waals surface area contributed by atoms with Gasteiger partial charge in [-0.25, -0.2) is 0 Å². The van der Waals surface area contributed by atoms with Gasteiger partial charge in [0.2, 0.25) is 0 Å². The van der Waals surface area contributed by atoms with Crippen LogP contribution in [0.1, 0.15) is 32.2 Å². The molecule has 0 saturated carbocycles. The lowest BCUT2D eigenvalue weighted by Crippen LogP contribution is -2.37. The molecule has 0 spiro atoms. The number of rotatable bonds is 5. The third-order valence-electron chi connectivity index (χ3n) is 3.28. The number of aromatic nitrogens is 3. The van der Waals surface area contributed by atoms with E-state index in [0.29, 0.717) is 19.0 Å². The molecule has 0 amide bonds. The molecule has 0 aliphatic rings. The van der Waals surface area contributed by atoms with Gasteiger partial charge in [-0.2, -0.15) is 0 Å². The molecule has 0 aliphatic carbocycles. The zero-order chi connectivity index (χ0) is 17.6. The average Bonchev–Trinajstić information content (AvgIpc) is 2.93. The van der Waals surface area contributed by atoms with E-state index in [1.165, 1.54) is 0 Å². The number of guanidine groups is 1. The average molecular weight is 330 g/mol. The summed E-state index contributed by atoms with van der Waals surface area (Å²) in [6.45, 7) is 7.29. The summed E-state index contributed by atoms with van der Waals surface area (Å²) in [4.78, 5) is 4.23. The van der Waals surface area contributed by atoms with Crippen molar-refractivity contribution >= 4 is 5.96 Å². The van der Waals surface area contributed by atoms with Crippen LogP contribution in [0.25, 0.3) is 0 Å². The molecule has 0 radical (unpaired) electrons. The molecule has 24 heavy (non-hydrogen) atoms. The Balaban J connectivity index is 1.95. The van der Waals surface area contributed by atoms with Crippen molar-refractivity contribution in [3.63, 3.8) is 0 Å². The predicted octanol–water partition coefficient (Wildman–Crippen LogP) is 1.86. The third-order valence-corrected chi connectivity index (χ3v) is 3.28. The molecule has 0 unspecified atom stereocenters. The third kappa shape index (κ3) is 5.26. The Morgan fingerprint density at radius 1 is 1.21 bits per heavy atom. The molecule has 0 saturated heterocycles. The van der Waals surface area contributed by atoms with Crippen LogP contribution >= 0.6 is 0 Å². The molecule has 7 heteroatoms. The van der Waals surface area contributed by atoms with E-state index >= 15 is 0 Å². The monoisotopic (exact) mass is 330 g/mol. The largest absolute Gasteiger partial charge is 0.488 e. The van der Waals surface area contributed by atoms with Gasteiger partial charge in [0.05, 0.1) is 6.54 Å². The minimum atomic E-state index is -0.235. The first kappa shape index (κ1) is 17.8. The first-order valence-corrected chi connectivity index (χ1v) is 7.93. The van der Waals surface area contributed by atoms with E-state index in [0.717, 1.165) is 17.1 Å². The number of nitrogens with zero attached hydrogens (tertiary/aromatic N) is 4. The van der Waals surface area contributed by atoms with Gasteiger partial charge in [0, 0.05) is 26.2 Å². The van der Waals surface area contributed by atoms with Gasteiger partial charge in [-0.15, -0.1) is 10.2 Å². The Morgan fingerprint density at radius 3 is 2.54 bits per heavy atom. The minimum absolute atomic E-state index is 0.235. The summed E-state index contributed by atoms with van der Waals surface area (Å²) in [6.07, 6.45) is 1.67. The van der Waals surface area contributed by atoms with E-state index in [4.69, 9.17) is 4.74 Å². The van der Waals surface area contributed by atoms with E-state index in [1.807, 2.05) is 56.7 Å². The molecular formula is C17H26N6O. The molecule has 7 nitrogen and oxygen atoms in total. The highest BCUT2D eigenvalue weighted by atomic mass is 16.5. The summed E-state index contributed by atoms with van der Waals surface area (Å²) >= 11 is 0. The van der Waals surface area contributed by atoms with E-state index in [9.17, 15) is 0 Å². The van der Waals surface area contributed by atoms with Crippen LogP contribution in [-0.2, 0) is 20.1 Å².